The van der Waals surface area contributed by atoms with Gasteiger partial charge in [-0.05, 0) is 25.0 Å². The number of nitrogens with zero attached hydrogens (tertiary/aromatic N) is 2. The summed E-state index contributed by atoms with van der Waals surface area (Å²) in [5.41, 5.74) is 0.867. The third kappa shape index (κ3) is 3.41. The Morgan fingerprint density at radius 1 is 1.20 bits per heavy atom. The molecule has 2 heterocycles. The maximum atomic E-state index is 12.5. The molecule has 130 valence electrons. The van der Waals surface area contributed by atoms with Crippen molar-refractivity contribution in [3.63, 3.8) is 0 Å². The van der Waals surface area contributed by atoms with Gasteiger partial charge in [0, 0.05) is 24.2 Å². The monoisotopic (exact) mass is 341 g/mol. The van der Waals surface area contributed by atoms with E-state index >= 15 is 0 Å². The maximum Gasteiger partial charge on any atom is 0.277 e. The van der Waals surface area contributed by atoms with Gasteiger partial charge in [-0.2, -0.15) is 0 Å². The van der Waals surface area contributed by atoms with E-state index in [9.17, 15) is 9.59 Å². The fourth-order valence-corrected chi connectivity index (χ4v) is 2.94. The third-order valence-corrected chi connectivity index (χ3v) is 4.46. The summed E-state index contributed by atoms with van der Waals surface area (Å²) in [5, 5.41) is 6.62. The van der Waals surface area contributed by atoms with Gasteiger partial charge in [-0.3, -0.25) is 9.59 Å². The van der Waals surface area contributed by atoms with Crippen LogP contribution < -0.4 is 5.32 Å². The van der Waals surface area contributed by atoms with Crippen molar-refractivity contribution in [3.05, 3.63) is 47.9 Å². The van der Waals surface area contributed by atoms with Crippen LogP contribution in [0, 0.1) is 5.92 Å². The van der Waals surface area contributed by atoms with Gasteiger partial charge in [-0.25, -0.2) is 0 Å². The fraction of sp³-hybridized carbons (Fsp3) is 0.389. The van der Waals surface area contributed by atoms with E-state index in [1.807, 2.05) is 18.2 Å². The highest BCUT2D eigenvalue weighted by molar-refractivity contribution is 6.02. The normalized spacial score (nSPS) is 20.3. The molecule has 1 aliphatic carbocycles. The minimum atomic E-state index is -0.349. The van der Waals surface area contributed by atoms with Gasteiger partial charge in [0.05, 0.1) is 13.2 Å². The molecule has 1 saturated heterocycles. The summed E-state index contributed by atoms with van der Waals surface area (Å²) in [4.78, 5) is 26.5. The Labute approximate surface area is 144 Å². The lowest BCUT2D eigenvalue weighted by molar-refractivity contribution is -0.142. The zero-order valence-electron chi connectivity index (χ0n) is 13.7. The van der Waals surface area contributed by atoms with E-state index in [4.69, 9.17) is 9.26 Å². The molecule has 0 spiro atoms. The second kappa shape index (κ2) is 6.68. The predicted molar refractivity (Wildman–Crippen MR) is 88.9 cm³/mol. The Hall–Kier alpha value is -2.67. The molecule has 25 heavy (non-hydrogen) atoms. The molecule has 7 nitrogen and oxygen atoms in total. The van der Waals surface area contributed by atoms with Gasteiger partial charge in [-0.15, -0.1) is 0 Å². The highest BCUT2D eigenvalue weighted by Gasteiger charge is 2.39. The first-order valence-corrected chi connectivity index (χ1v) is 8.43. The molecule has 1 unspecified atom stereocenters. The fourth-order valence-electron chi connectivity index (χ4n) is 2.94. The molecule has 2 aromatic rings. The van der Waals surface area contributed by atoms with E-state index in [0.717, 1.165) is 12.8 Å². The lowest BCUT2D eigenvalue weighted by Crippen LogP contribution is -2.44. The number of ether oxygens (including phenoxy) is 1. The molecule has 4 rings (SSSR count). The first-order valence-electron chi connectivity index (χ1n) is 8.43. The van der Waals surface area contributed by atoms with Crippen LogP contribution in [0.1, 0.15) is 35.1 Å². The van der Waals surface area contributed by atoms with E-state index in [0.29, 0.717) is 31.2 Å². The zero-order chi connectivity index (χ0) is 17.2. The smallest absolute Gasteiger partial charge is 0.277 e. The Kier molecular flexibility index (Phi) is 4.23. The van der Waals surface area contributed by atoms with Gasteiger partial charge in [0.2, 0.25) is 5.91 Å². The summed E-state index contributed by atoms with van der Waals surface area (Å²) < 4.78 is 10.9. The number of carbonyl (C=O) groups is 2. The van der Waals surface area contributed by atoms with E-state index in [1.54, 1.807) is 23.1 Å². The van der Waals surface area contributed by atoms with Crippen LogP contribution in [0.25, 0.3) is 0 Å². The number of para-hydroxylation sites is 1. The van der Waals surface area contributed by atoms with Crippen molar-refractivity contribution in [3.8, 4) is 0 Å². The van der Waals surface area contributed by atoms with Crippen molar-refractivity contribution < 1.29 is 18.8 Å². The SMILES string of the molecule is O=C(Nc1ccccc1)c1cc(C2COCCN2C(=O)C2CC2)on1. The molecular weight excluding hydrogens is 322 g/mol. The Morgan fingerprint density at radius 3 is 2.76 bits per heavy atom. The maximum absolute atomic E-state index is 12.5. The van der Waals surface area contributed by atoms with Crippen LogP contribution in [0.3, 0.4) is 0 Å². The number of amides is 2. The summed E-state index contributed by atoms with van der Waals surface area (Å²) in [7, 11) is 0. The predicted octanol–water partition coefficient (Wildman–Crippen LogP) is 2.24. The van der Waals surface area contributed by atoms with Crippen LogP contribution in [0.2, 0.25) is 0 Å². The molecule has 1 aliphatic heterocycles. The first-order chi connectivity index (χ1) is 12.2. The summed E-state index contributed by atoms with van der Waals surface area (Å²) in [6.45, 7) is 1.41. The molecule has 7 heteroatoms. The standard InChI is InChI=1S/C18H19N3O4/c22-17(19-13-4-2-1-3-5-13)14-10-16(25-20-14)15-11-24-9-8-21(15)18(23)12-6-7-12/h1-5,10,12,15H,6-9,11H2,(H,19,22). The first kappa shape index (κ1) is 15.8. The van der Waals surface area contributed by atoms with Crippen LogP contribution in [0.15, 0.2) is 40.9 Å². The number of hydrogen-bond acceptors (Lipinski definition) is 5. The van der Waals surface area contributed by atoms with Gasteiger partial charge in [0.25, 0.3) is 5.91 Å². The highest BCUT2D eigenvalue weighted by atomic mass is 16.5. The number of anilines is 1. The number of carbonyl (C=O) groups excluding carboxylic acids is 2. The molecular formula is C18H19N3O4. The van der Waals surface area contributed by atoms with Gasteiger partial charge >= 0.3 is 0 Å². The largest absolute Gasteiger partial charge is 0.377 e. The molecule has 1 atom stereocenters. The summed E-state index contributed by atoms with van der Waals surface area (Å²) in [6, 6.07) is 10.4. The second-order valence-electron chi connectivity index (χ2n) is 6.33. The molecule has 2 fully saturated rings. The van der Waals surface area contributed by atoms with Crippen molar-refractivity contribution >= 4 is 17.5 Å². The van der Waals surface area contributed by atoms with Crippen LogP contribution in [0.4, 0.5) is 5.69 Å². The lowest BCUT2D eigenvalue weighted by Gasteiger charge is -2.34. The summed E-state index contributed by atoms with van der Waals surface area (Å²) in [6.07, 6.45) is 1.90. The topological polar surface area (TPSA) is 84.7 Å². The molecule has 0 radical (unpaired) electrons. The second-order valence-corrected chi connectivity index (χ2v) is 6.33. The molecule has 2 aliphatic rings. The lowest BCUT2D eigenvalue weighted by atomic mass is 10.1. The highest BCUT2D eigenvalue weighted by Crippen LogP contribution is 2.35. The van der Waals surface area contributed by atoms with Crippen molar-refractivity contribution in [1.29, 1.82) is 0 Å². The van der Waals surface area contributed by atoms with E-state index < -0.39 is 0 Å². The van der Waals surface area contributed by atoms with Crippen LogP contribution in [-0.4, -0.2) is 41.6 Å². The Bertz CT molecular complexity index is 770. The van der Waals surface area contributed by atoms with Crippen molar-refractivity contribution in [2.75, 3.05) is 25.1 Å². The third-order valence-electron chi connectivity index (χ3n) is 4.46. The minimum absolute atomic E-state index is 0.129. The Balaban J connectivity index is 1.49. The van der Waals surface area contributed by atoms with Gasteiger partial charge in [0.15, 0.2) is 11.5 Å². The average Bonchev–Trinajstić information content (AvgIpc) is 3.38. The van der Waals surface area contributed by atoms with Crippen molar-refractivity contribution in [2.24, 2.45) is 5.92 Å². The zero-order valence-corrected chi connectivity index (χ0v) is 13.7. The average molecular weight is 341 g/mol. The molecule has 1 aromatic carbocycles. The number of morpholine rings is 1. The van der Waals surface area contributed by atoms with Gasteiger partial charge in [0.1, 0.15) is 6.04 Å². The van der Waals surface area contributed by atoms with Crippen LogP contribution >= 0.6 is 0 Å². The van der Waals surface area contributed by atoms with E-state index in [2.05, 4.69) is 10.5 Å². The summed E-state index contributed by atoms with van der Waals surface area (Å²) >= 11 is 0. The summed E-state index contributed by atoms with van der Waals surface area (Å²) in [5.74, 6) is 0.397. The number of aromatic nitrogens is 1. The quantitative estimate of drug-likeness (QED) is 0.922. The molecule has 1 aromatic heterocycles. The number of hydrogen-bond donors (Lipinski definition) is 1. The van der Waals surface area contributed by atoms with Crippen LogP contribution in [-0.2, 0) is 9.53 Å². The Morgan fingerprint density at radius 2 is 2.00 bits per heavy atom. The number of nitrogens with one attached hydrogen (secondary N) is 1. The molecule has 2 amide bonds. The van der Waals surface area contributed by atoms with Gasteiger partial charge < -0.3 is 19.5 Å². The minimum Gasteiger partial charge on any atom is -0.377 e. The number of rotatable bonds is 4. The molecule has 1 N–H and O–H groups in total. The van der Waals surface area contributed by atoms with Gasteiger partial charge in [-0.1, -0.05) is 23.4 Å². The molecule has 1 saturated carbocycles. The van der Waals surface area contributed by atoms with E-state index in [1.165, 1.54) is 0 Å². The van der Waals surface area contributed by atoms with E-state index in [-0.39, 0.29) is 29.5 Å². The van der Waals surface area contributed by atoms with Crippen molar-refractivity contribution in [2.45, 2.75) is 18.9 Å². The van der Waals surface area contributed by atoms with Crippen molar-refractivity contribution in [1.82, 2.24) is 10.1 Å². The number of benzene rings is 1. The molecule has 0 bridgehead atoms. The van der Waals surface area contributed by atoms with Crippen LogP contribution in [0.5, 0.6) is 0 Å².